The van der Waals surface area contributed by atoms with Crippen LogP contribution in [0.15, 0.2) is 0 Å². The van der Waals surface area contributed by atoms with Crippen molar-refractivity contribution < 1.29 is 18.0 Å². The molecular formula is C7H12F3NO. The van der Waals surface area contributed by atoms with Gasteiger partial charge in [0, 0.05) is 6.04 Å². The molecule has 0 aromatic carbocycles. The van der Waals surface area contributed by atoms with Crippen LogP contribution in [-0.2, 0) is 4.79 Å². The normalized spacial score (nSPS) is 14.1. The molecule has 0 aliphatic heterocycles. The van der Waals surface area contributed by atoms with Crippen molar-refractivity contribution in [3.8, 4) is 0 Å². The number of hydrogen-bond donors (Lipinski definition) is 1. The molecule has 0 aromatic heterocycles. The molecule has 12 heavy (non-hydrogen) atoms. The first-order valence-electron chi connectivity index (χ1n) is 3.75. The van der Waals surface area contributed by atoms with Gasteiger partial charge in [-0.3, -0.25) is 4.79 Å². The number of carbonyl (C=O) groups excluding carboxylic acids is 1. The van der Waals surface area contributed by atoms with Gasteiger partial charge < -0.3 is 5.32 Å². The van der Waals surface area contributed by atoms with Crippen molar-refractivity contribution in [1.29, 1.82) is 0 Å². The second-order valence-corrected chi connectivity index (χ2v) is 2.66. The summed E-state index contributed by atoms with van der Waals surface area (Å²) in [5.74, 6) is -1.86. The van der Waals surface area contributed by atoms with Gasteiger partial charge in [-0.1, -0.05) is 13.3 Å². The highest BCUT2D eigenvalue weighted by Gasteiger charge is 2.38. The van der Waals surface area contributed by atoms with E-state index >= 15 is 0 Å². The monoisotopic (exact) mass is 183 g/mol. The maximum atomic E-state index is 11.6. The Kier molecular flexibility index (Phi) is 4.06. The molecule has 0 aliphatic rings. The van der Waals surface area contributed by atoms with E-state index in [1.54, 1.807) is 6.92 Å². The summed E-state index contributed by atoms with van der Waals surface area (Å²) < 4.78 is 34.9. The molecule has 0 radical (unpaired) electrons. The number of carbonyl (C=O) groups is 1. The molecule has 0 heterocycles. The number of halogens is 3. The van der Waals surface area contributed by atoms with E-state index < -0.39 is 18.1 Å². The van der Waals surface area contributed by atoms with Gasteiger partial charge in [0.25, 0.3) is 0 Å². The fraction of sp³-hybridized carbons (Fsp3) is 0.857. The maximum absolute atomic E-state index is 11.6. The Bertz CT molecular complexity index is 155. The largest absolute Gasteiger partial charge is 0.471 e. The minimum atomic E-state index is -4.76. The van der Waals surface area contributed by atoms with Crippen LogP contribution in [0, 0.1) is 0 Å². The fourth-order valence-electron chi connectivity index (χ4n) is 0.811. The van der Waals surface area contributed by atoms with Gasteiger partial charge in [-0.05, 0) is 13.3 Å². The third kappa shape index (κ3) is 4.20. The Morgan fingerprint density at radius 1 is 1.50 bits per heavy atom. The summed E-state index contributed by atoms with van der Waals surface area (Å²) >= 11 is 0. The zero-order valence-electron chi connectivity index (χ0n) is 7.03. The van der Waals surface area contributed by atoms with Gasteiger partial charge in [0.1, 0.15) is 0 Å². The fourth-order valence-corrected chi connectivity index (χ4v) is 0.811. The number of amides is 1. The van der Waals surface area contributed by atoms with Gasteiger partial charge in [-0.15, -0.1) is 0 Å². The summed E-state index contributed by atoms with van der Waals surface area (Å²) in [6.07, 6.45) is -3.46. The molecule has 0 bridgehead atoms. The van der Waals surface area contributed by atoms with Crippen molar-refractivity contribution in [2.75, 3.05) is 0 Å². The molecule has 2 nitrogen and oxygen atoms in total. The van der Waals surface area contributed by atoms with E-state index in [9.17, 15) is 18.0 Å². The zero-order chi connectivity index (χ0) is 9.78. The Morgan fingerprint density at radius 2 is 2.00 bits per heavy atom. The Balaban J connectivity index is 3.85. The molecule has 72 valence electrons. The van der Waals surface area contributed by atoms with Gasteiger partial charge >= 0.3 is 12.1 Å². The summed E-state index contributed by atoms with van der Waals surface area (Å²) in [5, 5.41) is 1.86. The van der Waals surface area contributed by atoms with Crippen molar-refractivity contribution in [3.05, 3.63) is 0 Å². The minimum Gasteiger partial charge on any atom is -0.346 e. The summed E-state index contributed by atoms with van der Waals surface area (Å²) in [6, 6.07) is -0.413. The van der Waals surface area contributed by atoms with E-state index in [0.29, 0.717) is 6.42 Å². The maximum Gasteiger partial charge on any atom is 0.471 e. The number of rotatable bonds is 3. The summed E-state index contributed by atoms with van der Waals surface area (Å²) in [6.45, 7) is 3.39. The number of hydrogen-bond acceptors (Lipinski definition) is 1. The van der Waals surface area contributed by atoms with Crippen molar-refractivity contribution in [1.82, 2.24) is 5.32 Å². The minimum absolute atomic E-state index is 0.413. The summed E-state index contributed by atoms with van der Waals surface area (Å²) in [7, 11) is 0. The second kappa shape index (κ2) is 4.33. The third-order valence-corrected chi connectivity index (χ3v) is 1.36. The van der Waals surface area contributed by atoms with Crippen LogP contribution in [-0.4, -0.2) is 18.1 Å². The van der Waals surface area contributed by atoms with Crippen LogP contribution in [0.3, 0.4) is 0 Å². The SMILES string of the molecule is CCCC(C)NC(=O)C(F)(F)F. The van der Waals surface area contributed by atoms with E-state index in [-0.39, 0.29) is 0 Å². The van der Waals surface area contributed by atoms with Gasteiger partial charge in [0.05, 0.1) is 0 Å². The molecule has 0 fully saturated rings. The lowest BCUT2D eigenvalue weighted by atomic mass is 10.2. The van der Waals surface area contributed by atoms with Crippen molar-refractivity contribution in [2.45, 2.75) is 38.9 Å². The molecule has 1 atom stereocenters. The predicted molar refractivity (Wildman–Crippen MR) is 38.6 cm³/mol. The molecule has 0 saturated carbocycles. The lowest BCUT2D eigenvalue weighted by Crippen LogP contribution is -2.41. The molecule has 0 spiro atoms. The van der Waals surface area contributed by atoms with Gasteiger partial charge in [0.15, 0.2) is 0 Å². The third-order valence-electron chi connectivity index (χ3n) is 1.36. The standard InChI is InChI=1S/C7H12F3NO/c1-3-4-5(2)11-6(12)7(8,9)10/h5H,3-4H2,1-2H3,(H,11,12). The number of alkyl halides is 3. The second-order valence-electron chi connectivity index (χ2n) is 2.66. The Labute approximate surface area is 69.1 Å². The highest BCUT2D eigenvalue weighted by Crippen LogP contribution is 2.14. The predicted octanol–water partition coefficient (Wildman–Crippen LogP) is 1.85. The molecule has 5 heteroatoms. The average molecular weight is 183 g/mol. The molecule has 0 aliphatic carbocycles. The van der Waals surface area contributed by atoms with Gasteiger partial charge in [0.2, 0.25) is 0 Å². The highest BCUT2D eigenvalue weighted by atomic mass is 19.4. The quantitative estimate of drug-likeness (QED) is 0.710. The molecule has 1 N–H and O–H groups in total. The van der Waals surface area contributed by atoms with Crippen LogP contribution in [0.4, 0.5) is 13.2 Å². The van der Waals surface area contributed by atoms with Crippen LogP contribution >= 0.6 is 0 Å². The molecule has 0 aromatic rings. The summed E-state index contributed by atoms with van der Waals surface area (Å²) in [4.78, 5) is 10.3. The highest BCUT2D eigenvalue weighted by molar-refractivity contribution is 5.81. The van der Waals surface area contributed by atoms with Crippen LogP contribution in [0.25, 0.3) is 0 Å². The van der Waals surface area contributed by atoms with Crippen LogP contribution < -0.4 is 5.32 Å². The van der Waals surface area contributed by atoms with Gasteiger partial charge in [-0.25, -0.2) is 0 Å². The molecule has 1 amide bonds. The number of nitrogens with one attached hydrogen (secondary N) is 1. The van der Waals surface area contributed by atoms with Crippen molar-refractivity contribution in [2.24, 2.45) is 0 Å². The van der Waals surface area contributed by atoms with E-state index in [4.69, 9.17) is 0 Å². The topological polar surface area (TPSA) is 29.1 Å². The van der Waals surface area contributed by atoms with Gasteiger partial charge in [-0.2, -0.15) is 13.2 Å². The molecular weight excluding hydrogens is 171 g/mol. The van der Waals surface area contributed by atoms with E-state index in [1.807, 2.05) is 12.2 Å². The Morgan fingerprint density at radius 3 is 2.33 bits per heavy atom. The molecule has 1 unspecified atom stereocenters. The lowest BCUT2D eigenvalue weighted by Gasteiger charge is -2.13. The smallest absolute Gasteiger partial charge is 0.346 e. The van der Waals surface area contributed by atoms with Crippen molar-refractivity contribution >= 4 is 5.91 Å². The lowest BCUT2D eigenvalue weighted by molar-refractivity contribution is -0.174. The average Bonchev–Trinajstić information content (AvgIpc) is 1.85. The first-order valence-corrected chi connectivity index (χ1v) is 3.75. The first kappa shape index (κ1) is 11.3. The molecule has 0 rings (SSSR count). The first-order chi connectivity index (χ1) is 5.38. The van der Waals surface area contributed by atoms with Crippen LogP contribution in [0.2, 0.25) is 0 Å². The van der Waals surface area contributed by atoms with E-state index in [2.05, 4.69) is 0 Å². The Hall–Kier alpha value is -0.740. The van der Waals surface area contributed by atoms with Crippen LogP contribution in [0.1, 0.15) is 26.7 Å². The van der Waals surface area contributed by atoms with E-state index in [1.165, 1.54) is 0 Å². The van der Waals surface area contributed by atoms with E-state index in [0.717, 1.165) is 6.42 Å². The zero-order valence-corrected chi connectivity index (χ0v) is 7.03. The summed E-state index contributed by atoms with van der Waals surface area (Å²) in [5.41, 5.74) is 0. The van der Waals surface area contributed by atoms with Crippen molar-refractivity contribution in [3.63, 3.8) is 0 Å². The molecule has 0 saturated heterocycles. The van der Waals surface area contributed by atoms with Crippen LogP contribution in [0.5, 0.6) is 0 Å².